The third kappa shape index (κ3) is 2.46. The quantitative estimate of drug-likeness (QED) is 0.773. The Bertz CT molecular complexity index is 445. The summed E-state index contributed by atoms with van der Waals surface area (Å²) in [6, 6.07) is 5.51. The summed E-state index contributed by atoms with van der Waals surface area (Å²) in [6.07, 6.45) is 0. The Kier molecular flexibility index (Phi) is 3.18. The predicted molar refractivity (Wildman–Crippen MR) is 61.5 cm³/mol. The smallest absolute Gasteiger partial charge is 0.218 e. The van der Waals surface area contributed by atoms with E-state index in [1.165, 1.54) is 0 Å². The van der Waals surface area contributed by atoms with Crippen molar-refractivity contribution in [3.8, 4) is 16.6 Å². The summed E-state index contributed by atoms with van der Waals surface area (Å²) < 4.78 is 5.29. The van der Waals surface area contributed by atoms with Gasteiger partial charge in [-0.3, -0.25) is 0 Å². The van der Waals surface area contributed by atoms with Gasteiger partial charge in [0.05, 0.1) is 11.5 Å². The lowest BCUT2D eigenvalue weighted by Crippen LogP contribution is -1.97. The maximum absolute atomic E-state index is 5.88. The molecule has 0 spiro atoms. The number of thiophene rings is 1. The van der Waals surface area contributed by atoms with Crippen LogP contribution in [0.5, 0.6) is 5.88 Å². The lowest BCUT2D eigenvalue weighted by Gasteiger charge is -2.03. The fourth-order valence-corrected chi connectivity index (χ4v) is 1.97. The highest BCUT2D eigenvalue weighted by Gasteiger charge is 2.06. The second-order valence-corrected chi connectivity index (χ2v) is 4.10. The Morgan fingerprint density at radius 2 is 2.33 bits per heavy atom. The summed E-state index contributed by atoms with van der Waals surface area (Å²) in [5.41, 5.74) is 0. The molecule has 2 aromatic rings. The monoisotopic (exact) mass is 240 g/mol. The zero-order valence-corrected chi connectivity index (χ0v) is 9.68. The highest BCUT2D eigenvalue weighted by molar-refractivity contribution is 7.13. The summed E-state index contributed by atoms with van der Waals surface area (Å²) in [5.74, 6) is 1.13. The molecule has 0 aliphatic rings. The topological polar surface area (TPSA) is 35.0 Å². The van der Waals surface area contributed by atoms with Crippen molar-refractivity contribution in [1.82, 2.24) is 9.97 Å². The van der Waals surface area contributed by atoms with E-state index in [-0.39, 0.29) is 0 Å². The van der Waals surface area contributed by atoms with E-state index in [4.69, 9.17) is 16.3 Å². The molecule has 0 aliphatic carbocycles. The predicted octanol–water partition coefficient (Wildman–Crippen LogP) is 3.26. The van der Waals surface area contributed by atoms with Gasteiger partial charge in [0.2, 0.25) is 5.88 Å². The van der Waals surface area contributed by atoms with Crippen LogP contribution in [-0.4, -0.2) is 16.6 Å². The van der Waals surface area contributed by atoms with Crippen molar-refractivity contribution < 1.29 is 4.74 Å². The SMILES string of the molecule is CCOc1cc(Cl)nc(-c2cccs2)n1. The molecule has 0 atom stereocenters. The van der Waals surface area contributed by atoms with E-state index in [9.17, 15) is 0 Å². The second kappa shape index (κ2) is 4.59. The minimum absolute atomic E-state index is 0.400. The molecule has 0 fully saturated rings. The summed E-state index contributed by atoms with van der Waals surface area (Å²) >= 11 is 7.45. The third-order valence-electron chi connectivity index (χ3n) is 1.71. The molecule has 3 nitrogen and oxygen atoms in total. The Balaban J connectivity index is 2.40. The van der Waals surface area contributed by atoms with Crippen LogP contribution in [0.1, 0.15) is 6.92 Å². The molecule has 0 unspecified atom stereocenters. The van der Waals surface area contributed by atoms with E-state index in [2.05, 4.69) is 9.97 Å². The maximum Gasteiger partial charge on any atom is 0.218 e. The zero-order chi connectivity index (χ0) is 10.7. The number of hydrogen-bond donors (Lipinski definition) is 0. The standard InChI is InChI=1S/C10H9ClN2OS/c1-2-14-9-6-8(11)12-10(13-9)7-4-3-5-15-7/h3-6H,2H2,1H3. The molecular weight excluding hydrogens is 232 g/mol. The van der Waals surface area contributed by atoms with Crippen LogP contribution in [0.15, 0.2) is 23.6 Å². The fraction of sp³-hybridized carbons (Fsp3) is 0.200. The maximum atomic E-state index is 5.88. The first-order valence-corrected chi connectivity index (χ1v) is 5.76. The lowest BCUT2D eigenvalue weighted by molar-refractivity contribution is 0.326. The summed E-state index contributed by atoms with van der Waals surface area (Å²) in [7, 11) is 0. The van der Waals surface area contributed by atoms with E-state index in [0.29, 0.717) is 23.5 Å². The molecule has 0 N–H and O–H groups in total. The van der Waals surface area contributed by atoms with Crippen molar-refractivity contribution >= 4 is 22.9 Å². The van der Waals surface area contributed by atoms with Crippen LogP contribution in [0.25, 0.3) is 10.7 Å². The molecule has 0 bridgehead atoms. The highest BCUT2D eigenvalue weighted by atomic mass is 35.5. The molecule has 5 heteroatoms. The molecule has 2 aromatic heterocycles. The van der Waals surface area contributed by atoms with Crippen molar-refractivity contribution in [2.45, 2.75) is 6.92 Å². The normalized spacial score (nSPS) is 10.3. The van der Waals surface area contributed by atoms with Crippen LogP contribution < -0.4 is 4.74 Å². The second-order valence-electron chi connectivity index (χ2n) is 2.76. The van der Waals surface area contributed by atoms with Gasteiger partial charge in [0.25, 0.3) is 0 Å². The molecule has 2 rings (SSSR count). The Labute approximate surface area is 96.7 Å². The molecule has 0 aliphatic heterocycles. The molecule has 0 aromatic carbocycles. The van der Waals surface area contributed by atoms with Gasteiger partial charge in [-0.05, 0) is 18.4 Å². The molecule has 0 saturated heterocycles. The summed E-state index contributed by atoms with van der Waals surface area (Å²) in [6.45, 7) is 2.47. The van der Waals surface area contributed by atoms with Crippen LogP contribution in [0.2, 0.25) is 5.15 Å². The zero-order valence-electron chi connectivity index (χ0n) is 8.11. The van der Waals surface area contributed by atoms with E-state index in [1.807, 2.05) is 24.4 Å². The Morgan fingerprint density at radius 3 is 3.00 bits per heavy atom. The van der Waals surface area contributed by atoms with Gasteiger partial charge in [0, 0.05) is 6.07 Å². The highest BCUT2D eigenvalue weighted by Crippen LogP contribution is 2.24. The van der Waals surface area contributed by atoms with Gasteiger partial charge in [0.15, 0.2) is 5.82 Å². The number of ether oxygens (including phenoxy) is 1. The fourth-order valence-electron chi connectivity index (χ4n) is 1.13. The van der Waals surface area contributed by atoms with Gasteiger partial charge < -0.3 is 4.74 Å². The van der Waals surface area contributed by atoms with E-state index in [1.54, 1.807) is 17.4 Å². The van der Waals surface area contributed by atoms with Crippen molar-refractivity contribution in [2.24, 2.45) is 0 Å². The third-order valence-corrected chi connectivity index (χ3v) is 2.76. The van der Waals surface area contributed by atoms with Crippen LogP contribution in [0.4, 0.5) is 0 Å². The lowest BCUT2D eigenvalue weighted by atomic mass is 10.4. The van der Waals surface area contributed by atoms with E-state index in [0.717, 1.165) is 4.88 Å². The first-order chi connectivity index (χ1) is 7.29. The van der Waals surface area contributed by atoms with Crippen LogP contribution in [0, 0.1) is 0 Å². The minimum Gasteiger partial charge on any atom is -0.478 e. The summed E-state index contributed by atoms with van der Waals surface area (Å²) in [5, 5.41) is 2.37. The number of aromatic nitrogens is 2. The van der Waals surface area contributed by atoms with Crippen LogP contribution in [-0.2, 0) is 0 Å². The Hall–Kier alpha value is -1.13. The van der Waals surface area contributed by atoms with E-state index >= 15 is 0 Å². The number of hydrogen-bond acceptors (Lipinski definition) is 4. The largest absolute Gasteiger partial charge is 0.478 e. The van der Waals surface area contributed by atoms with Crippen LogP contribution in [0.3, 0.4) is 0 Å². The van der Waals surface area contributed by atoms with Gasteiger partial charge in [-0.1, -0.05) is 17.7 Å². The Morgan fingerprint density at radius 1 is 1.47 bits per heavy atom. The van der Waals surface area contributed by atoms with Gasteiger partial charge in [-0.25, -0.2) is 4.98 Å². The molecule has 78 valence electrons. The van der Waals surface area contributed by atoms with Crippen LogP contribution >= 0.6 is 22.9 Å². The van der Waals surface area contributed by atoms with Crippen molar-refractivity contribution in [1.29, 1.82) is 0 Å². The first kappa shape index (κ1) is 10.4. The molecule has 0 radical (unpaired) electrons. The molecule has 15 heavy (non-hydrogen) atoms. The number of nitrogens with zero attached hydrogens (tertiary/aromatic N) is 2. The van der Waals surface area contributed by atoms with Gasteiger partial charge in [0.1, 0.15) is 5.15 Å². The molecule has 0 amide bonds. The molecular formula is C10H9ClN2OS. The summed E-state index contributed by atoms with van der Waals surface area (Å²) in [4.78, 5) is 9.39. The first-order valence-electron chi connectivity index (χ1n) is 4.51. The average Bonchev–Trinajstić information content (AvgIpc) is 2.70. The molecule has 2 heterocycles. The minimum atomic E-state index is 0.400. The molecule has 0 saturated carbocycles. The van der Waals surface area contributed by atoms with Crippen molar-refractivity contribution in [2.75, 3.05) is 6.61 Å². The number of rotatable bonds is 3. The number of halogens is 1. The van der Waals surface area contributed by atoms with Crippen molar-refractivity contribution in [3.63, 3.8) is 0 Å². The van der Waals surface area contributed by atoms with Gasteiger partial charge in [-0.15, -0.1) is 11.3 Å². The average molecular weight is 241 g/mol. The van der Waals surface area contributed by atoms with Gasteiger partial charge >= 0.3 is 0 Å². The van der Waals surface area contributed by atoms with Crippen molar-refractivity contribution in [3.05, 3.63) is 28.7 Å². The van der Waals surface area contributed by atoms with E-state index < -0.39 is 0 Å². The van der Waals surface area contributed by atoms with Gasteiger partial charge in [-0.2, -0.15) is 4.98 Å².